The summed E-state index contributed by atoms with van der Waals surface area (Å²) in [6, 6.07) is 7.52. The zero-order valence-corrected chi connectivity index (χ0v) is 8.97. The van der Waals surface area contributed by atoms with Gasteiger partial charge in [0.25, 0.3) is 5.95 Å². The van der Waals surface area contributed by atoms with Gasteiger partial charge in [0.1, 0.15) is 0 Å². The molecule has 0 aliphatic heterocycles. The number of hydrogen-bond acceptors (Lipinski definition) is 2. The van der Waals surface area contributed by atoms with Gasteiger partial charge in [-0.25, -0.2) is 8.78 Å². The molecule has 0 unspecified atom stereocenters. The van der Waals surface area contributed by atoms with Crippen molar-refractivity contribution in [1.82, 2.24) is 4.98 Å². The minimum atomic E-state index is -1.33. The van der Waals surface area contributed by atoms with Crippen molar-refractivity contribution in [1.29, 1.82) is 0 Å². The van der Waals surface area contributed by atoms with Crippen molar-refractivity contribution in [2.45, 2.75) is 6.92 Å². The van der Waals surface area contributed by atoms with E-state index in [0.717, 1.165) is 5.56 Å². The van der Waals surface area contributed by atoms with Crippen molar-refractivity contribution in [3.05, 3.63) is 53.5 Å². The molecule has 0 aliphatic carbocycles. The van der Waals surface area contributed by atoms with Crippen LogP contribution in [0, 0.1) is 24.5 Å². The van der Waals surface area contributed by atoms with Gasteiger partial charge in [-0.15, -0.1) is 0 Å². The van der Waals surface area contributed by atoms with Crippen molar-refractivity contribution in [2.24, 2.45) is 0 Å². The molecule has 0 radical (unpaired) electrons. The Morgan fingerprint density at radius 3 is 2.47 bits per heavy atom. The Bertz CT molecular complexity index is 555. The molecule has 0 amide bonds. The molecule has 0 saturated heterocycles. The van der Waals surface area contributed by atoms with Gasteiger partial charge in [-0.05, 0) is 18.6 Å². The number of aryl methyl sites for hydroxylation is 1. The van der Waals surface area contributed by atoms with E-state index in [9.17, 15) is 13.2 Å². The molecule has 0 aliphatic rings. The summed E-state index contributed by atoms with van der Waals surface area (Å²) in [4.78, 5) is 3.18. The fraction of sp³-hybridized carbons (Fsp3) is 0.0833. The third kappa shape index (κ3) is 2.38. The normalized spacial score (nSPS) is 10.4. The van der Waals surface area contributed by atoms with Gasteiger partial charge in [-0.3, -0.25) is 0 Å². The highest BCUT2D eigenvalue weighted by Gasteiger charge is 2.12. The number of nitrogens with zero attached hydrogens (tertiary/aromatic N) is 1. The van der Waals surface area contributed by atoms with Crippen molar-refractivity contribution < 1.29 is 13.2 Å². The SMILES string of the molecule is Cc1ccccc1Nc1nc(F)c(F)cc1F. The smallest absolute Gasteiger partial charge is 0.251 e. The molecule has 2 nitrogen and oxygen atoms in total. The second-order valence-electron chi connectivity index (χ2n) is 3.53. The molecule has 0 bridgehead atoms. The Morgan fingerprint density at radius 2 is 1.76 bits per heavy atom. The summed E-state index contributed by atoms with van der Waals surface area (Å²) in [5.41, 5.74) is 1.43. The minimum absolute atomic E-state index is 0.335. The first-order valence-electron chi connectivity index (χ1n) is 4.92. The molecule has 2 aromatic rings. The third-order valence-corrected chi connectivity index (χ3v) is 2.28. The fourth-order valence-electron chi connectivity index (χ4n) is 1.37. The van der Waals surface area contributed by atoms with Gasteiger partial charge >= 0.3 is 0 Å². The van der Waals surface area contributed by atoms with E-state index in [4.69, 9.17) is 0 Å². The molecule has 0 fully saturated rings. The van der Waals surface area contributed by atoms with Gasteiger partial charge in [0.05, 0.1) is 0 Å². The zero-order chi connectivity index (χ0) is 12.4. The fourth-order valence-corrected chi connectivity index (χ4v) is 1.37. The third-order valence-electron chi connectivity index (χ3n) is 2.28. The minimum Gasteiger partial charge on any atom is -0.337 e. The summed E-state index contributed by atoms with van der Waals surface area (Å²) in [5, 5.41) is 2.62. The lowest BCUT2D eigenvalue weighted by atomic mass is 10.2. The highest BCUT2D eigenvalue weighted by atomic mass is 19.2. The maximum atomic E-state index is 13.3. The van der Waals surface area contributed by atoms with Crippen molar-refractivity contribution >= 4 is 11.5 Å². The topological polar surface area (TPSA) is 24.9 Å². The van der Waals surface area contributed by atoms with Crippen LogP contribution in [0.5, 0.6) is 0 Å². The molecular weight excluding hydrogens is 229 g/mol. The van der Waals surface area contributed by atoms with Gasteiger partial charge in [-0.1, -0.05) is 18.2 Å². The van der Waals surface area contributed by atoms with Crippen molar-refractivity contribution in [2.75, 3.05) is 5.32 Å². The van der Waals surface area contributed by atoms with Crippen LogP contribution < -0.4 is 5.32 Å². The predicted octanol–water partition coefficient (Wildman–Crippen LogP) is 3.55. The van der Waals surface area contributed by atoms with Crippen LogP contribution in [0.3, 0.4) is 0 Å². The number of halogens is 3. The zero-order valence-electron chi connectivity index (χ0n) is 8.97. The summed E-state index contributed by atoms with van der Waals surface area (Å²) >= 11 is 0. The van der Waals surface area contributed by atoms with Crippen LogP contribution in [0.1, 0.15) is 5.56 Å². The molecule has 88 valence electrons. The number of benzene rings is 1. The number of para-hydroxylation sites is 1. The largest absolute Gasteiger partial charge is 0.337 e. The van der Waals surface area contributed by atoms with E-state index in [0.29, 0.717) is 11.8 Å². The van der Waals surface area contributed by atoms with Gasteiger partial charge in [-0.2, -0.15) is 9.37 Å². The van der Waals surface area contributed by atoms with E-state index in [-0.39, 0.29) is 5.82 Å². The summed E-state index contributed by atoms with van der Waals surface area (Å²) in [6.07, 6.45) is 0. The first-order chi connectivity index (χ1) is 8.08. The molecule has 1 aromatic carbocycles. The highest BCUT2D eigenvalue weighted by Crippen LogP contribution is 2.21. The Hall–Kier alpha value is -2.04. The number of nitrogens with one attached hydrogen (secondary N) is 1. The van der Waals surface area contributed by atoms with Gasteiger partial charge < -0.3 is 5.32 Å². The number of hydrogen-bond donors (Lipinski definition) is 1. The van der Waals surface area contributed by atoms with Gasteiger partial charge in [0, 0.05) is 11.8 Å². The Balaban J connectivity index is 2.37. The molecule has 1 aromatic heterocycles. The average Bonchev–Trinajstić information content (AvgIpc) is 2.29. The lowest BCUT2D eigenvalue weighted by Gasteiger charge is -2.09. The van der Waals surface area contributed by atoms with Crippen molar-refractivity contribution in [3.63, 3.8) is 0 Å². The first kappa shape index (κ1) is 11.4. The summed E-state index contributed by atoms with van der Waals surface area (Å²) < 4.78 is 38.9. The molecular formula is C12H9F3N2. The maximum Gasteiger partial charge on any atom is 0.251 e. The lowest BCUT2D eigenvalue weighted by Crippen LogP contribution is -2.02. The second kappa shape index (κ2) is 4.45. The van der Waals surface area contributed by atoms with Crippen molar-refractivity contribution in [3.8, 4) is 0 Å². The van der Waals surface area contributed by atoms with Crippen LogP contribution in [0.15, 0.2) is 30.3 Å². The summed E-state index contributed by atoms with van der Waals surface area (Å²) in [6.45, 7) is 1.81. The predicted molar refractivity (Wildman–Crippen MR) is 58.6 cm³/mol. The van der Waals surface area contributed by atoms with Crippen LogP contribution >= 0.6 is 0 Å². The average molecular weight is 238 g/mol. The number of pyridine rings is 1. The Labute approximate surface area is 96.1 Å². The molecule has 0 atom stereocenters. The van der Waals surface area contributed by atoms with Crippen LogP contribution in [0.2, 0.25) is 0 Å². The standard InChI is InChI=1S/C12H9F3N2/c1-7-4-2-3-5-10(7)16-12-9(14)6-8(13)11(15)17-12/h2-6H,1H3,(H,16,17). The molecule has 1 N–H and O–H groups in total. The molecule has 5 heteroatoms. The monoisotopic (exact) mass is 238 g/mol. The van der Waals surface area contributed by atoms with Crippen LogP contribution in [-0.2, 0) is 0 Å². The van der Waals surface area contributed by atoms with E-state index >= 15 is 0 Å². The lowest BCUT2D eigenvalue weighted by molar-refractivity contribution is 0.467. The van der Waals surface area contributed by atoms with Crippen LogP contribution in [-0.4, -0.2) is 4.98 Å². The second-order valence-corrected chi connectivity index (χ2v) is 3.53. The summed E-state index contributed by atoms with van der Waals surface area (Å²) in [5.74, 6) is -3.91. The van der Waals surface area contributed by atoms with E-state index in [1.54, 1.807) is 25.1 Å². The molecule has 0 saturated carbocycles. The maximum absolute atomic E-state index is 13.3. The van der Waals surface area contributed by atoms with E-state index in [1.165, 1.54) is 0 Å². The number of rotatable bonds is 2. The highest BCUT2D eigenvalue weighted by molar-refractivity contribution is 5.60. The van der Waals surface area contributed by atoms with E-state index < -0.39 is 17.6 Å². The van der Waals surface area contributed by atoms with Crippen LogP contribution in [0.25, 0.3) is 0 Å². The summed E-state index contributed by atoms with van der Waals surface area (Å²) in [7, 11) is 0. The molecule has 0 spiro atoms. The Kier molecular flexibility index (Phi) is 2.99. The molecule has 17 heavy (non-hydrogen) atoms. The van der Waals surface area contributed by atoms with Crippen LogP contribution in [0.4, 0.5) is 24.7 Å². The first-order valence-corrected chi connectivity index (χ1v) is 4.92. The van der Waals surface area contributed by atoms with Gasteiger partial charge in [0.2, 0.25) is 0 Å². The number of anilines is 2. The van der Waals surface area contributed by atoms with E-state index in [1.807, 2.05) is 6.07 Å². The van der Waals surface area contributed by atoms with E-state index in [2.05, 4.69) is 10.3 Å². The molecule has 1 heterocycles. The quantitative estimate of drug-likeness (QED) is 0.809. The van der Waals surface area contributed by atoms with Gasteiger partial charge in [0.15, 0.2) is 17.5 Å². The molecule has 2 rings (SSSR count). The Morgan fingerprint density at radius 1 is 1.06 bits per heavy atom. The number of aromatic nitrogens is 1.